The Kier molecular flexibility index (Phi) is 14.0. The van der Waals surface area contributed by atoms with Gasteiger partial charge in [0, 0.05) is 6.54 Å². The molecule has 0 aliphatic rings. The highest BCUT2D eigenvalue weighted by Gasteiger charge is 2.06. The van der Waals surface area contributed by atoms with E-state index in [1.807, 2.05) is 0 Å². The maximum atomic E-state index is 7.59. The van der Waals surface area contributed by atoms with Crippen LogP contribution in [0.2, 0.25) is 0 Å². The fraction of sp³-hybridized carbons (Fsp3) is 1.00. The van der Waals surface area contributed by atoms with E-state index >= 15 is 0 Å². The molecule has 1 radical (unpaired) electrons. The molecule has 0 aromatic rings. The number of rotatable bonds is 13. The topological polar surface area (TPSA) is 23.8 Å². The van der Waals surface area contributed by atoms with Crippen molar-refractivity contribution < 1.29 is 0 Å². The van der Waals surface area contributed by atoms with E-state index in [4.69, 9.17) is 5.73 Å². The van der Waals surface area contributed by atoms with E-state index in [1.54, 1.807) is 0 Å². The molecule has 0 rings (SSSR count). The van der Waals surface area contributed by atoms with Crippen LogP contribution >= 0.6 is 0 Å². The molecule has 0 spiro atoms. The molecule has 1 nitrogen and oxygen atoms in total. The van der Waals surface area contributed by atoms with Gasteiger partial charge in [0.2, 0.25) is 0 Å². The second-order valence-electron chi connectivity index (χ2n) is 5.48. The van der Waals surface area contributed by atoms with E-state index in [-0.39, 0.29) is 0 Å². The molecule has 0 saturated heterocycles. The van der Waals surface area contributed by atoms with Crippen molar-refractivity contribution in [3.8, 4) is 0 Å². The zero-order valence-electron chi connectivity index (χ0n) is 12.3. The van der Waals surface area contributed by atoms with E-state index in [9.17, 15) is 0 Å². The van der Waals surface area contributed by atoms with Gasteiger partial charge in [-0.1, -0.05) is 78.1 Å². The predicted molar refractivity (Wildman–Crippen MR) is 78.2 cm³/mol. The normalized spacial score (nSPS) is 12.9. The number of hydrogen-bond acceptors (Lipinski definition) is 0. The lowest BCUT2D eigenvalue weighted by atomic mass is 9.94. The molecule has 1 N–H and O–H groups in total. The summed E-state index contributed by atoms with van der Waals surface area (Å²) in [4.78, 5) is 0. The zero-order chi connectivity index (χ0) is 12.8. The van der Waals surface area contributed by atoms with Crippen molar-refractivity contribution in [1.82, 2.24) is 5.73 Å². The average Bonchev–Trinajstić information content (AvgIpc) is 2.36. The van der Waals surface area contributed by atoms with E-state index in [2.05, 4.69) is 13.8 Å². The van der Waals surface area contributed by atoms with Gasteiger partial charge in [-0.3, -0.25) is 5.73 Å². The third kappa shape index (κ3) is 12.2. The van der Waals surface area contributed by atoms with Crippen molar-refractivity contribution in [2.75, 3.05) is 6.54 Å². The summed E-state index contributed by atoms with van der Waals surface area (Å²) in [6.07, 6.45) is 16.4. The van der Waals surface area contributed by atoms with Crippen molar-refractivity contribution in [2.24, 2.45) is 5.92 Å². The first kappa shape index (κ1) is 17.0. The minimum atomic E-state index is 0.654. The van der Waals surface area contributed by atoms with Gasteiger partial charge in [0.25, 0.3) is 0 Å². The van der Waals surface area contributed by atoms with Crippen LogP contribution in [0.3, 0.4) is 0 Å². The molecule has 0 heterocycles. The summed E-state index contributed by atoms with van der Waals surface area (Å²) in [6, 6.07) is 0. The fourth-order valence-corrected chi connectivity index (χ4v) is 2.42. The van der Waals surface area contributed by atoms with Gasteiger partial charge in [-0.25, -0.2) is 0 Å². The highest BCUT2D eigenvalue weighted by molar-refractivity contribution is 4.60. The smallest absolute Gasteiger partial charge is 0.0128 e. The van der Waals surface area contributed by atoms with Crippen LogP contribution in [0.25, 0.3) is 0 Å². The summed E-state index contributed by atoms with van der Waals surface area (Å²) in [6.45, 7) is 5.19. The number of unbranched alkanes of at least 4 members (excludes halogenated alkanes) is 8. The van der Waals surface area contributed by atoms with E-state index in [0.29, 0.717) is 12.5 Å². The van der Waals surface area contributed by atoms with Gasteiger partial charge in [0.1, 0.15) is 0 Å². The van der Waals surface area contributed by atoms with Crippen LogP contribution < -0.4 is 5.73 Å². The maximum Gasteiger partial charge on any atom is 0.0128 e. The largest absolute Gasteiger partial charge is 0.258 e. The summed E-state index contributed by atoms with van der Waals surface area (Å²) < 4.78 is 0. The number of hydrogen-bond donors (Lipinski definition) is 0. The average molecular weight is 240 g/mol. The Morgan fingerprint density at radius 3 is 1.53 bits per heavy atom. The summed E-state index contributed by atoms with van der Waals surface area (Å²) in [5, 5.41) is 0. The lowest BCUT2D eigenvalue weighted by molar-refractivity contribution is 0.409. The SMILES string of the molecule is CCCCCCCCC(C[NH])CCCCCC. The monoisotopic (exact) mass is 240 g/mol. The lowest BCUT2D eigenvalue weighted by Crippen LogP contribution is -2.07. The van der Waals surface area contributed by atoms with Crippen LogP contribution in [0.4, 0.5) is 0 Å². The summed E-state index contributed by atoms with van der Waals surface area (Å²) in [7, 11) is 0. The second kappa shape index (κ2) is 14.0. The maximum absolute atomic E-state index is 7.59. The van der Waals surface area contributed by atoms with E-state index in [0.717, 1.165) is 0 Å². The van der Waals surface area contributed by atoms with Crippen LogP contribution in [0.5, 0.6) is 0 Å². The van der Waals surface area contributed by atoms with Crippen LogP contribution in [0.15, 0.2) is 0 Å². The summed E-state index contributed by atoms with van der Waals surface area (Å²) >= 11 is 0. The quantitative estimate of drug-likeness (QED) is 0.374. The minimum Gasteiger partial charge on any atom is -0.258 e. The first-order chi connectivity index (χ1) is 8.35. The highest BCUT2D eigenvalue weighted by atomic mass is 14.5. The van der Waals surface area contributed by atoms with Gasteiger partial charge in [-0.05, 0) is 18.8 Å². The van der Waals surface area contributed by atoms with Gasteiger partial charge in [-0.15, -0.1) is 0 Å². The lowest BCUT2D eigenvalue weighted by Gasteiger charge is -2.13. The molecular formula is C16H34N. The Balaban J connectivity index is 3.28. The molecule has 0 fully saturated rings. The molecular weight excluding hydrogens is 206 g/mol. The Bertz CT molecular complexity index is 133. The van der Waals surface area contributed by atoms with Crippen LogP contribution in [0, 0.1) is 5.92 Å². The molecule has 0 bridgehead atoms. The molecule has 0 aliphatic heterocycles. The molecule has 1 atom stereocenters. The molecule has 0 aliphatic carbocycles. The van der Waals surface area contributed by atoms with Gasteiger partial charge in [0.05, 0.1) is 0 Å². The van der Waals surface area contributed by atoms with Gasteiger partial charge < -0.3 is 0 Å². The number of nitrogens with one attached hydrogen (secondary N) is 1. The van der Waals surface area contributed by atoms with Crippen molar-refractivity contribution in [1.29, 1.82) is 0 Å². The van der Waals surface area contributed by atoms with Crippen LogP contribution in [0.1, 0.15) is 90.9 Å². The van der Waals surface area contributed by atoms with Crippen LogP contribution in [-0.4, -0.2) is 6.54 Å². The molecule has 1 heteroatoms. The van der Waals surface area contributed by atoms with Crippen molar-refractivity contribution in [3.05, 3.63) is 0 Å². The summed E-state index contributed by atoms with van der Waals surface area (Å²) in [5.41, 5.74) is 7.59. The van der Waals surface area contributed by atoms with Crippen molar-refractivity contribution in [2.45, 2.75) is 90.9 Å². The Morgan fingerprint density at radius 1 is 0.647 bits per heavy atom. The summed E-state index contributed by atoms with van der Waals surface area (Å²) in [5.74, 6) is 0.693. The van der Waals surface area contributed by atoms with Gasteiger partial charge >= 0.3 is 0 Å². The zero-order valence-corrected chi connectivity index (χ0v) is 12.3. The van der Waals surface area contributed by atoms with Crippen molar-refractivity contribution >= 4 is 0 Å². The molecule has 0 amide bonds. The molecule has 103 valence electrons. The van der Waals surface area contributed by atoms with E-state index < -0.39 is 0 Å². The van der Waals surface area contributed by atoms with Gasteiger partial charge in [0.15, 0.2) is 0 Å². The highest BCUT2D eigenvalue weighted by Crippen LogP contribution is 2.18. The second-order valence-corrected chi connectivity index (χ2v) is 5.48. The molecule has 0 aromatic heterocycles. The standard InChI is InChI=1S/C16H34N/c1-3-5-7-9-10-12-14-16(15-17)13-11-8-6-4-2/h16-17H,3-15H2,1-2H3. The minimum absolute atomic E-state index is 0.654. The van der Waals surface area contributed by atoms with Crippen molar-refractivity contribution in [3.63, 3.8) is 0 Å². The fourth-order valence-electron chi connectivity index (χ4n) is 2.42. The predicted octanol–water partition coefficient (Wildman–Crippen LogP) is 5.61. The Hall–Kier alpha value is -0.0400. The Labute approximate surface area is 110 Å². The first-order valence-corrected chi connectivity index (χ1v) is 7.99. The third-order valence-electron chi connectivity index (χ3n) is 3.72. The molecule has 17 heavy (non-hydrogen) atoms. The molecule has 1 unspecified atom stereocenters. The van der Waals surface area contributed by atoms with Gasteiger partial charge in [-0.2, -0.15) is 0 Å². The molecule has 0 aromatic carbocycles. The third-order valence-corrected chi connectivity index (χ3v) is 3.72. The van der Waals surface area contributed by atoms with Crippen LogP contribution in [-0.2, 0) is 0 Å². The first-order valence-electron chi connectivity index (χ1n) is 7.99. The van der Waals surface area contributed by atoms with E-state index in [1.165, 1.54) is 77.0 Å². The Morgan fingerprint density at radius 2 is 1.06 bits per heavy atom. The molecule has 0 saturated carbocycles.